The minimum Gasteiger partial charge on any atom is -0.397 e. The van der Waals surface area contributed by atoms with Crippen molar-refractivity contribution < 1.29 is 51.9 Å². The van der Waals surface area contributed by atoms with Crippen LogP contribution in [0.15, 0.2) is 194 Å². The molecule has 26 nitrogen and oxygen atoms in total. The molecule has 0 saturated heterocycles. The summed E-state index contributed by atoms with van der Waals surface area (Å²) in [6, 6.07) is 32.9. The summed E-state index contributed by atoms with van der Waals surface area (Å²) in [7, 11) is -18.9. The van der Waals surface area contributed by atoms with Crippen LogP contribution in [0.3, 0.4) is 0 Å². The Morgan fingerprint density at radius 2 is 0.810 bits per heavy atom. The Balaban J connectivity index is 0.848. The Bertz CT molecular complexity index is 4960. The van der Waals surface area contributed by atoms with Gasteiger partial charge < -0.3 is 22.9 Å². The molecule has 32 heteroatoms. The van der Waals surface area contributed by atoms with Gasteiger partial charge in [-0.3, -0.25) is 18.2 Å². The van der Waals surface area contributed by atoms with Crippen molar-refractivity contribution in [2.75, 3.05) is 22.9 Å². The van der Waals surface area contributed by atoms with Crippen LogP contribution in [-0.2, 0) is 40.5 Å². The molecule has 0 unspecified atom stereocenters. The van der Waals surface area contributed by atoms with E-state index in [1.165, 1.54) is 66.7 Å². The second kappa shape index (κ2) is 22.2. The molecule has 12 N–H and O–H groups in total. The molecular weight excluding hydrogens is 1210 g/mol. The summed E-state index contributed by atoms with van der Waals surface area (Å²) in [5.41, 5.74) is 27.7. The number of hydrogen-bond acceptors (Lipinski definition) is 24. The largest absolute Gasteiger partial charge is 0.397 e. The number of azo groups is 4. The van der Waals surface area contributed by atoms with Gasteiger partial charge in [0.1, 0.15) is 52.3 Å². The number of hydrogen-bond donors (Lipinski definition) is 8. The van der Waals surface area contributed by atoms with Crippen molar-refractivity contribution >= 4 is 152 Å². The van der Waals surface area contributed by atoms with Gasteiger partial charge in [0.05, 0.1) is 65.9 Å². The molecule has 0 bridgehead atoms. The maximum atomic E-state index is 12.8. The third-order valence-corrected chi connectivity index (χ3v) is 18.9. The van der Waals surface area contributed by atoms with Crippen molar-refractivity contribution in [2.45, 2.75) is 33.4 Å². The van der Waals surface area contributed by atoms with E-state index < -0.39 is 56.0 Å². The summed E-state index contributed by atoms with van der Waals surface area (Å²) in [5.74, 6) is 0. The monoisotopic (exact) mass is 1240 g/mol. The topological polar surface area (TPSA) is 446 Å². The third kappa shape index (κ3) is 12.0. The fourth-order valence-electron chi connectivity index (χ4n) is 8.41. The molecule has 0 atom stereocenters. The van der Waals surface area contributed by atoms with Crippen LogP contribution in [0.2, 0.25) is 0 Å². The highest BCUT2D eigenvalue weighted by molar-refractivity contribution is 7.87. The van der Waals surface area contributed by atoms with E-state index in [-0.39, 0.29) is 82.5 Å². The lowest BCUT2D eigenvalue weighted by molar-refractivity contribution is 0.481. The van der Waals surface area contributed by atoms with Crippen LogP contribution in [0.1, 0.15) is 11.1 Å². The van der Waals surface area contributed by atoms with Crippen LogP contribution in [0, 0.1) is 13.8 Å². The number of fused-ring (bicyclic) bond motifs is 2. The molecule has 2 aromatic heterocycles. The zero-order valence-corrected chi connectivity index (χ0v) is 47.9. The second-order valence-electron chi connectivity index (χ2n) is 18.2. The van der Waals surface area contributed by atoms with E-state index in [0.717, 1.165) is 34.8 Å². The highest BCUT2D eigenvalue weighted by atomic mass is 32.2. The Kier molecular flexibility index (Phi) is 15.3. The molecule has 10 aromatic rings. The lowest BCUT2D eigenvalue weighted by Gasteiger charge is -2.10. The zero-order chi connectivity index (χ0) is 60.2. The van der Waals surface area contributed by atoms with Gasteiger partial charge in [0.25, 0.3) is 40.5 Å². The van der Waals surface area contributed by atoms with E-state index in [1.54, 1.807) is 68.4 Å². The van der Waals surface area contributed by atoms with Crippen LogP contribution in [0.5, 0.6) is 0 Å². The Labute approximate surface area is 484 Å². The van der Waals surface area contributed by atoms with Gasteiger partial charge in [-0.15, -0.1) is 43.1 Å². The van der Waals surface area contributed by atoms with Gasteiger partial charge in [-0.05, 0) is 134 Å². The van der Waals surface area contributed by atoms with E-state index in [1.807, 2.05) is 0 Å². The quantitative estimate of drug-likeness (QED) is 0.0268. The normalized spacial score (nSPS) is 12.8. The minimum absolute atomic E-state index is 0.00675. The number of aromatic nitrogens is 2. The first kappa shape index (κ1) is 58.0. The molecule has 10 rings (SSSR count). The minimum atomic E-state index is -4.99. The first-order valence-electron chi connectivity index (χ1n) is 23.8. The smallest absolute Gasteiger partial charge is 0.296 e. The maximum absolute atomic E-state index is 12.8. The maximum Gasteiger partial charge on any atom is 0.296 e. The van der Waals surface area contributed by atoms with Gasteiger partial charge in [0.2, 0.25) is 0 Å². The summed E-state index contributed by atoms with van der Waals surface area (Å²) in [6.07, 6.45) is 0. The number of anilines is 4. The molecular formula is C52H40N14O12S6. The molecule has 2 heterocycles. The fraction of sp³-hybridized carbons (Fsp3) is 0.0385. The number of nitrogens with zero attached hydrogens (tertiary/aromatic N) is 10. The van der Waals surface area contributed by atoms with Crippen molar-refractivity contribution in [2.24, 2.45) is 40.9 Å². The van der Waals surface area contributed by atoms with E-state index in [2.05, 4.69) is 50.9 Å². The third-order valence-electron chi connectivity index (χ3n) is 12.5. The molecule has 0 aliphatic rings. The molecule has 0 amide bonds. The summed E-state index contributed by atoms with van der Waals surface area (Å²) >= 11 is 2.16. The lowest BCUT2D eigenvalue weighted by Crippen LogP contribution is -2.05. The van der Waals surface area contributed by atoms with Gasteiger partial charge in [-0.2, -0.15) is 54.1 Å². The lowest BCUT2D eigenvalue weighted by atomic mass is 10.0. The average molecular weight is 1250 g/mol. The van der Waals surface area contributed by atoms with Crippen molar-refractivity contribution in [1.82, 2.24) is 9.97 Å². The Morgan fingerprint density at radius 3 is 1.29 bits per heavy atom. The van der Waals surface area contributed by atoms with Gasteiger partial charge >= 0.3 is 0 Å². The van der Waals surface area contributed by atoms with Gasteiger partial charge in [0.15, 0.2) is 0 Å². The molecule has 0 aliphatic carbocycles. The van der Waals surface area contributed by atoms with Crippen molar-refractivity contribution in [1.29, 1.82) is 0 Å². The number of nitrogen functional groups attached to an aromatic ring is 4. The average Bonchev–Trinajstić information content (AvgIpc) is 3.78. The van der Waals surface area contributed by atoms with Crippen molar-refractivity contribution in [3.8, 4) is 32.3 Å². The molecule has 0 aliphatic heterocycles. The SMILES string of the molecule is Cc1ccc2nc(-c3ccc(N=Nc4c(N)ccc(N=Nc5ccc(-c6ccc(N=Nc7cc(S(=O)(=O)O)c(N)c(N=Nc8ccc(-c9nc%10ccc(C)c(S(=O)(=O)O)c%10s9)cc8)c7N)cc6)c(S(=O)(=O)O)c5)c4N)cc3)sc2c1S(=O)(=O)O. The van der Waals surface area contributed by atoms with Crippen LogP contribution < -0.4 is 22.9 Å². The van der Waals surface area contributed by atoms with Gasteiger partial charge in [0, 0.05) is 16.7 Å². The predicted molar refractivity (Wildman–Crippen MR) is 318 cm³/mol. The summed E-state index contributed by atoms with van der Waals surface area (Å²) in [5, 5.41) is 34.2. The highest BCUT2D eigenvalue weighted by Gasteiger charge is 2.25. The number of thiazole rings is 2. The van der Waals surface area contributed by atoms with Crippen LogP contribution in [-0.4, -0.2) is 61.9 Å². The van der Waals surface area contributed by atoms with Crippen LogP contribution in [0.4, 0.5) is 68.2 Å². The second-order valence-corrected chi connectivity index (χ2v) is 25.7. The van der Waals surface area contributed by atoms with E-state index in [0.29, 0.717) is 53.7 Å². The highest BCUT2D eigenvalue weighted by Crippen LogP contribution is 2.45. The van der Waals surface area contributed by atoms with Crippen molar-refractivity contribution in [3.05, 3.63) is 145 Å². The zero-order valence-electron chi connectivity index (χ0n) is 43.0. The van der Waals surface area contributed by atoms with Crippen molar-refractivity contribution in [3.63, 3.8) is 0 Å². The molecule has 8 aromatic carbocycles. The van der Waals surface area contributed by atoms with E-state index in [4.69, 9.17) is 22.9 Å². The standard InChI is InChI=1S/C52H40N14O12S6/c1-25-3-20-37-47(49(25)83(73,74)75)79-51(57-37)28-7-13-31(14-8-28)60-65-45-35(53)19-22-36(42(45)54)63-62-33-17-18-34(40(23-33)81(67,68)69)27-5-11-30(12-6-27)59-64-39-24-41(82(70,71)72)44(56)46(43(39)55)66-61-32-15-9-29(10-16-32)52-58-38-21-4-26(2)50(48(38)80-52)84(76,77)78/h3-24H,53-56H2,1-2H3,(H,67,68,69)(H,70,71,72)(H,73,74,75)(H,76,77,78). The number of aryl methyl sites for hydroxylation is 2. The first-order valence-corrected chi connectivity index (χ1v) is 31.2. The number of nitrogens with two attached hydrogens (primary N) is 4. The van der Waals surface area contributed by atoms with Crippen LogP contribution >= 0.6 is 22.7 Å². The Morgan fingerprint density at radius 1 is 0.393 bits per heavy atom. The molecule has 0 spiro atoms. The Hall–Kier alpha value is -9.22. The summed E-state index contributed by atoms with van der Waals surface area (Å²) in [6.45, 7) is 3.13. The first-order chi connectivity index (χ1) is 39.6. The van der Waals surface area contributed by atoms with Crippen LogP contribution in [0.25, 0.3) is 52.7 Å². The van der Waals surface area contributed by atoms with E-state index >= 15 is 0 Å². The summed E-state index contributed by atoms with van der Waals surface area (Å²) in [4.78, 5) is 7.26. The van der Waals surface area contributed by atoms with Gasteiger partial charge in [-0.25, -0.2) is 9.97 Å². The molecule has 0 saturated carbocycles. The number of rotatable bonds is 15. The van der Waals surface area contributed by atoms with Gasteiger partial charge in [-0.1, -0.05) is 30.3 Å². The summed E-state index contributed by atoms with van der Waals surface area (Å²) < 4.78 is 140. The predicted octanol–water partition coefficient (Wildman–Crippen LogP) is 13.5. The number of benzene rings is 8. The molecule has 0 fully saturated rings. The fourth-order valence-corrected chi connectivity index (χ4v) is 14.4. The van der Waals surface area contributed by atoms with E-state index in [9.17, 15) is 51.9 Å². The molecule has 0 radical (unpaired) electrons. The molecule has 426 valence electrons. The molecule has 84 heavy (non-hydrogen) atoms.